The number of rotatable bonds is 3. The standard InChI is InChI=1S/C6H10O3.Al/c1-3-9-6(8)4-5(2)7;/h3-4H2,1-2H3;/q;+1. The summed E-state index contributed by atoms with van der Waals surface area (Å²) in [5, 5.41) is 0. The van der Waals surface area contributed by atoms with Crippen molar-refractivity contribution in [1.82, 2.24) is 0 Å². The Balaban J connectivity index is 0. The molecule has 2 radical (unpaired) electrons. The molecule has 0 heterocycles. The first-order valence-electron chi connectivity index (χ1n) is 2.82. The largest absolute Gasteiger partial charge is 1.00 e. The first-order chi connectivity index (χ1) is 4.16. The molecule has 0 aromatic rings. The summed E-state index contributed by atoms with van der Waals surface area (Å²) >= 11 is 0. The molecule has 0 aromatic heterocycles. The van der Waals surface area contributed by atoms with Crippen LogP contribution in [0.15, 0.2) is 0 Å². The van der Waals surface area contributed by atoms with Crippen LogP contribution in [0, 0.1) is 0 Å². The Bertz CT molecular complexity index is 122. The summed E-state index contributed by atoms with van der Waals surface area (Å²) in [6.45, 7) is 3.40. The molecule has 0 aliphatic heterocycles. The van der Waals surface area contributed by atoms with E-state index in [2.05, 4.69) is 4.74 Å². The van der Waals surface area contributed by atoms with Gasteiger partial charge in [0.1, 0.15) is 12.2 Å². The Morgan fingerprint density at radius 3 is 2.20 bits per heavy atom. The van der Waals surface area contributed by atoms with E-state index in [-0.39, 0.29) is 29.6 Å². The smallest absolute Gasteiger partial charge is 0.466 e. The zero-order chi connectivity index (χ0) is 7.28. The Labute approximate surface area is 70.9 Å². The van der Waals surface area contributed by atoms with Gasteiger partial charge in [0.25, 0.3) is 0 Å². The van der Waals surface area contributed by atoms with E-state index in [1.54, 1.807) is 6.92 Å². The summed E-state index contributed by atoms with van der Waals surface area (Å²) < 4.78 is 4.49. The van der Waals surface area contributed by atoms with Crippen LogP contribution < -0.4 is 0 Å². The summed E-state index contributed by atoms with van der Waals surface area (Å²) in [5.41, 5.74) is 0. The Hall–Kier alpha value is -0.328. The van der Waals surface area contributed by atoms with Gasteiger partial charge in [-0.1, -0.05) is 0 Å². The van der Waals surface area contributed by atoms with E-state index in [1.165, 1.54) is 6.92 Å². The Kier molecular flexibility index (Phi) is 8.39. The van der Waals surface area contributed by atoms with Crippen LogP contribution >= 0.6 is 0 Å². The maximum atomic E-state index is 10.4. The van der Waals surface area contributed by atoms with Crippen LogP contribution in [0.2, 0.25) is 0 Å². The van der Waals surface area contributed by atoms with Crippen LogP contribution in [0.25, 0.3) is 0 Å². The van der Waals surface area contributed by atoms with Crippen LogP contribution in [-0.4, -0.2) is 35.7 Å². The minimum Gasteiger partial charge on any atom is -0.466 e. The van der Waals surface area contributed by atoms with Crippen molar-refractivity contribution in [1.29, 1.82) is 0 Å². The molecule has 0 amide bonds. The van der Waals surface area contributed by atoms with Crippen LogP contribution in [0.1, 0.15) is 20.3 Å². The molecule has 0 N–H and O–H groups in total. The number of carbonyl (C=O) groups is 2. The van der Waals surface area contributed by atoms with Gasteiger partial charge in [0.05, 0.1) is 6.61 Å². The van der Waals surface area contributed by atoms with Crippen molar-refractivity contribution in [3.8, 4) is 0 Å². The Morgan fingerprint density at radius 1 is 1.40 bits per heavy atom. The maximum Gasteiger partial charge on any atom is 1.00 e. The predicted molar refractivity (Wildman–Crippen MR) is 37.7 cm³/mol. The van der Waals surface area contributed by atoms with Gasteiger partial charge in [0.15, 0.2) is 0 Å². The molecule has 0 unspecified atom stereocenters. The molecular formula is C6H10AlO3+. The van der Waals surface area contributed by atoms with Gasteiger partial charge in [-0.05, 0) is 13.8 Å². The summed E-state index contributed by atoms with van der Waals surface area (Å²) in [6.07, 6.45) is -0.103. The molecule has 10 heavy (non-hydrogen) atoms. The van der Waals surface area contributed by atoms with Crippen molar-refractivity contribution in [3.63, 3.8) is 0 Å². The van der Waals surface area contributed by atoms with Gasteiger partial charge < -0.3 is 4.74 Å². The quantitative estimate of drug-likeness (QED) is 0.332. The third kappa shape index (κ3) is 7.67. The van der Waals surface area contributed by atoms with Crippen LogP contribution in [0.3, 0.4) is 0 Å². The van der Waals surface area contributed by atoms with Gasteiger partial charge in [-0.25, -0.2) is 0 Å². The van der Waals surface area contributed by atoms with Crippen molar-refractivity contribution >= 4 is 29.1 Å². The molecule has 0 atom stereocenters. The second-order valence-corrected chi connectivity index (χ2v) is 1.68. The minimum absolute atomic E-state index is 0. The molecule has 0 aromatic carbocycles. The SMILES string of the molecule is CCOC(=O)CC(C)=O.[Al+]. The van der Waals surface area contributed by atoms with E-state index in [4.69, 9.17) is 0 Å². The van der Waals surface area contributed by atoms with Gasteiger partial charge in [-0.2, -0.15) is 0 Å². The van der Waals surface area contributed by atoms with Gasteiger partial charge >= 0.3 is 23.3 Å². The minimum atomic E-state index is -0.440. The fourth-order valence-corrected chi connectivity index (χ4v) is 0.415. The van der Waals surface area contributed by atoms with E-state index >= 15 is 0 Å². The third-order valence-electron chi connectivity index (χ3n) is 0.699. The Morgan fingerprint density at radius 2 is 1.90 bits per heavy atom. The topological polar surface area (TPSA) is 43.4 Å². The van der Waals surface area contributed by atoms with Crippen LogP contribution in [0.5, 0.6) is 0 Å². The van der Waals surface area contributed by atoms with E-state index in [1.807, 2.05) is 0 Å². The normalized spacial score (nSPS) is 7.80. The molecule has 4 heteroatoms. The molecule has 0 aliphatic carbocycles. The van der Waals surface area contributed by atoms with Gasteiger partial charge in [-0.15, -0.1) is 0 Å². The average Bonchev–Trinajstić information content (AvgIpc) is 1.63. The number of ether oxygens (including phenoxy) is 1. The summed E-state index contributed by atoms with van der Waals surface area (Å²) in [4.78, 5) is 20.6. The number of esters is 1. The second-order valence-electron chi connectivity index (χ2n) is 1.68. The zero-order valence-electron chi connectivity index (χ0n) is 6.22. The number of hydrogen-bond acceptors (Lipinski definition) is 3. The molecule has 54 valence electrons. The summed E-state index contributed by atoms with van der Waals surface area (Å²) in [6, 6.07) is 0. The molecule has 0 saturated carbocycles. The van der Waals surface area contributed by atoms with Gasteiger partial charge in [0.2, 0.25) is 0 Å². The average molecular weight is 157 g/mol. The van der Waals surface area contributed by atoms with Gasteiger partial charge in [0, 0.05) is 0 Å². The summed E-state index contributed by atoms with van der Waals surface area (Å²) in [7, 11) is 0. The molecule has 0 saturated heterocycles. The number of ketones is 1. The molecule has 0 bridgehead atoms. The first-order valence-corrected chi connectivity index (χ1v) is 2.82. The molecule has 0 aliphatic rings. The van der Waals surface area contributed by atoms with Crippen molar-refractivity contribution in [3.05, 3.63) is 0 Å². The zero-order valence-corrected chi connectivity index (χ0v) is 7.37. The fourth-order valence-electron chi connectivity index (χ4n) is 0.415. The number of Topliss-reactive ketones (excluding diaryl/α,β-unsaturated/α-hetero) is 1. The van der Waals surface area contributed by atoms with E-state index in [0.29, 0.717) is 6.61 Å². The van der Waals surface area contributed by atoms with Crippen LogP contribution in [0.4, 0.5) is 0 Å². The van der Waals surface area contributed by atoms with Crippen molar-refractivity contribution in [2.24, 2.45) is 0 Å². The second kappa shape index (κ2) is 6.79. The van der Waals surface area contributed by atoms with E-state index < -0.39 is 5.97 Å². The van der Waals surface area contributed by atoms with Crippen molar-refractivity contribution in [2.45, 2.75) is 20.3 Å². The first kappa shape index (κ1) is 12.4. The fraction of sp³-hybridized carbons (Fsp3) is 0.667. The molecule has 0 fully saturated rings. The molecule has 0 rings (SSSR count). The monoisotopic (exact) mass is 157 g/mol. The maximum absolute atomic E-state index is 10.4. The van der Waals surface area contributed by atoms with Gasteiger partial charge in [-0.3, -0.25) is 9.59 Å². The summed E-state index contributed by atoms with van der Waals surface area (Å²) in [5.74, 6) is -0.599. The van der Waals surface area contributed by atoms with Crippen molar-refractivity contribution in [2.75, 3.05) is 6.61 Å². The van der Waals surface area contributed by atoms with E-state index in [9.17, 15) is 9.59 Å². The van der Waals surface area contributed by atoms with Crippen LogP contribution in [-0.2, 0) is 14.3 Å². The number of hydrogen-bond donors (Lipinski definition) is 0. The molecular weight excluding hydrogens is 147 g/mol. The predicted octanol–water partition coefficient (Wildman–Crippen LogP) is 0.148. The molecule has 3 nitrogen and oxygen atoms in total. The molecule has 0 spiro atoms. The van der Waals surface area contributed by atoms with Crippen molar-refractivity contribution < 1.29 is 14.3 Å². The van der Waals surface area contributed by atoms with E-state index in [0.717, 1.165) is 0 Å². The third-order valence-corrected chi connectivity index (χ3v) is 0.699. The number of carbonyl (C=O) groups excluding carboxylic acids is 2.